The second-order valence-corrected chi connectivity index (χ2v) is 8.47. The van der Waals surface area contributed by atoms with Crippen molar-refractivity contribution in [1.29, 1.82) is 0 Å². The van der Waals surface area contributed by atoms with E-state index in [1.165, 1.54) is 0 Å². The Labute approximate surface area is 175 Å². The predicted molar refractivity (Wildman–Crippen MR) is 118 cm³/mol. The molecule has 150 valence electrons. The molecule has 29 heavy (non-hydrogen) atoms. The molecule has 1 amide bonds. The van der Waals surface area contributed by atoms with Crippen LogP contribution in [-0.4, -0.2) is 22.9 Å². The van der Waals surface area contributed by atoms with Gasteiger partial charge in [-0.1, -0.05) is 36.0 Å². The van der Waals surface area contributed by atoms with Gasteiger partial charge in [0.1, 0.15) is 11.0 Å². The third kappa shape index (κ3) is 3.72. The van der Waals surface area contributed by atoms with Crippen molar-refractivity contribution in [3.63, 3.8) is 0 Å². The summed E-state index contributed by atoms with van der Waals surface area (Å²) in [6.45, 7) is 6.14. The Morgan fingerprint density at radius 3 is 2.55 bits per heavy atom. The van der Waals surface area contributed by atoms with Crippen LogP contribution in [0, 0.1) is 20.8 Å². The number of nitrogens with zero attached hydrogens (tertiary/aromatic N) is 1. The fourth-order valence-electron chi connectivity index (χ4n) is 3.53. The molecule has 2 aromatic carbocycles. The first-order valence-corrected chi connectivity index (χ1v) is 10.5. The Kier molecular flexibility index (Phi) is 5.28. The zero-order valence-electron chi connectivity index (χ0n) is 17.0. The fraction of sp³-hybridized carbons (Fsp3) is 0.261. The lowest BCUT2D eigenvalue weighted by molar-refractivity contribution is -0.116. The smallest absolute Gasteiger partial charge is 0.240 e. The number of ether oxygens (including phenoxy) is 1. The number of methoxy groups -OCH3 is 1. The molecule has 0 spiro atoms. The van der Waals surface area contributed by atoms with Gasteiger partial charge in [0.05, 0.1) is 18.2 Å². The lowest BCUT2D eigenvalue weighted by Gasteiger charge is -2.34. The molecule has 6 heteroatoms. The summed E-state index contributed by atoms with van der Waals surface area (Å²) in [4.78, 5) is 13.3. The van der Waals surface area contributed by atoms with E-state index in [-0.39, 0.29) is 17.2 Å². The van der Waals surface area contributed by atoms with E-state index < -0.39 is 0 Å². The number of fused-ring (bicyclic) bond motifs is 1. The maximum Gasteiger partial charge on any atom is 0.240 e. The van der Waals surface area contributed by atoms with Crippen LogP contribution >= 0.6 is 11.8 Å². The number of aryl methyl sites for hydroxylation is 2. The molecule has 1 aliphatic heterocycles. The van der Waals surface area contributed by atoms with Gasteiger partial charge in [-0.15, -0.1) is 0 Å². The van der Waals surface area contributed by atoms with E-state index in [4.69, 9.17) is 4.74 Å². The highest BCUT2D eigenvalue weighted by molar-refractivity contribution is 8.00. The van der Waals surface area contributed by atoms with Gasteiger partial charge in [-0.05, 0) is 67.8 Å². The first kappa shape index (κ1) is 19.5. The van der Waals surface area contributed by atoms with E-state index in [0.717, 1.165) is 38.8 Å². The van der Waals surface area contributed by atoms with Crippen molar-refractivity contribution < 1.29 is 9.53 Å². The highest BCUT2D eigenvalue weighted by Gasteiger charge is 2.36. The molecule has 0 saturated heterocycles. The highest BCUT2D eigenvalue weighted by Crippen LogP contribution is 2.39. The molecule has 0 radical (unpaired) electrons. The Hall–Kier alpha value is -2.86. The monoisotopic (exact) mass is 407 g/mol. The molecule has 4 rings (SSSR count). The van der Waals surface area contributed by atoms with E-state index in [1.54, 1.807) is 18.9 Å². The van der Waals surface area contributed by atoms with Gasteiger partial charge in [0, 0.05) is 11.4 Å². The fourth-order valence-corrected chi connectivity index (χ4v) is 4.76. The number of carbonyl (C=O) groups is 1. The maximum atomic E-state index is 13.3. The molecule has 0 aliphatic carbocycles. The van der Waals surface area contributed by atoms with Crippen LogP contribution in [0.15, 0.2) is 59.6 Å². The van der Waals surface area contributed by atoms with Crippen LogP contribution in [0.1, 0.15) is 28.4 Å². The van der Waals surface area contributed by atoms with Gasteiger partial charge >= 0.3 is 0 Å². The van der Waals surface area contributed by atoms with E-state index in [2.05, 4.69) is 47.5 Å². The van der Waals surface area contributed by atoms with E-state index in [1.807, 2.05) is 43.3 Å². The molecule has 1 aliphatic rings. The zero-order valence-corrected chi connectivity index (χ0v) is 17.8. The normalized spacial score (nSPS) is 17.9. The molecule has 2 heterocycles. The SMILES string of the molecule is COc1ccc([C@H]2Nn3c(C)ccc3S[C@H]2C(=O)Nc2cccc(C)c2C)cc1. The van der Waals surface area contributed by atoms with Gasteiger partial charge in [0.15, 0.2) is 0 Å². The van der Waals surface area contributed by atoms with E-state index >= 15 is 0 Å². The number of carbonyl (C=O) groups excluding carboxylic acids is 1. The topological polar surface area (TPSA) is 55.3 Å². The number of rotatable bonds is 4. The van der Waals surface area contributed by atoms with Gasteiger partial charge in [-0.25, -0.2) is 0 Å². The average molecular weight is 408 g/mol. The number of aromatic nitrogens is 1. The van der Waals surface area contributed by atoms with Crippen molar-refractivity contribution in [2.24, 2.45) is 0 Å². The first-order chi connectivity index (χ1) is 14.0. The summed E-state index contributed by atoms with van der Waals surface area (Å²) in [5, 5.41) is 3.87. The summed E-state index contributed by atoms with van der Waals surface area (Å²) in [7, 11) is 1.65. The molecular weight excluding hydrogens is 382 g/mol. The second-order valence-electron chi connectivity index (χ2n) is 7.30. The molecular formula is C23H25N3O2S. The average Bonchev–Trinajstić information content (AvgIpc) is 3.10. The molecule has 2 N–H and O–H groups in total. The van der Waals surface area contributed by atoms with Crippen molar-refractivity contribution >= 4 is 23.4 Å². The van der Waals surface area contributed by atoms with Crippen LogP contribution in [0.2, 0.25) is 0 Å². The second kappa shape index (κ2) is 7.87. The third-order valence-corrected chi connectivity index (χ3v) is 6.76. The number of amides is 1. The van der Waals surface area contributed by atoms with Crippen LogP contribution in [0.25, 0.3) is 0 Å². The summed E-state index contributed by atoms with van der Waals surface area (Å²) < 4.78 is 7.34. The van der Waals surface area contributed by atoms with Crippen molar-refractivity contribution in [3.8, 4) is 5.75 Å². The Morgan fingerprint density at radius 2 is 1.83 bits per heavy atom. The van der Waals surface area contributed by atoms with Gasteiger partial charge in [-0.3, -0.25) is 9.47 Å². The van der Waals surface area contributed by atoms with E-state index in [0.29, 0.717) is 0 Å². The number of hydrogen-bond acceptors (Lipinski definition) is 4. The number of thioether (sulfide) groups is 1. The number of nitrogens with one attached hydrogen (secondary N) is 2. The summed E-state index contributed by atoms with van der Waals surface area (Å²) in [6, 6.07) is 17.8. The Morgan fingerprint density at radius 1 is 1.07 bits per heavy atom. The Balaban J connectivity index is 1.67. The van der Waals surface area contributed by atoms with Crippen LogP contribution in [0.5, 0.6) is 5.75 Å². The third-order valence-electron chi connectivity index (χ3n) is 5.45. The molecule has 0 fully saturated rings. The number of benzene rings is 2. The summed E-state index contributed by atoms with van der Waals surface area (Å²) in [5.41, 5.74) is 8.80. The van der Waals surface area contributed by atoms with Crippen LogP contribution in [-0.2, 0) is 4.79 Å². The van der Waals surface area contributed by atoms with Crippen molar-refractivity contribution in [1.82, 2.24) is 4.68 Å². The molecule has 0 bridgehead atoms. The molecule has 0 saturated carbocycles. The van der Waals surface area contributed by atoms with Crippen molar-refractivity contribution in [2.75, 3.05) is 17.9 Å². The Bertz CT molecular complexity index is 1040. The molecule has 5 nitrogen and oxygen atoms in total. The molecule has 1 aromatic heterocycles. The van der Waals surface area contributed by atoms with Crippen LogP contribution in [0.4, 0.5) is 5.69 Å². The first-order valence-electron chi connectivity index (χ1n) is 9.60. The largest absolute Gasteiger partial charge is 0.497 e. The molecule has 0 unspecified atom stereocenters. The highest BCUT2D eigenvalue weighted by atomic mass is 32.2. The maximum absolute atomic E-state index is 13.3. The van der Waals surface area contributed by atoms with Gasteiger partial charge < -0.3 is 15.5 Å². The van der Waals surface area contributed by atoms with E-state index in [9.17, 15) is 4.79 Å². The minimum atomic E-state index is -0.315. The zero-order chi connectivity index (χ0) is 20.5. The quantitative estimate of drug-likeness (QED) is 0.651. The summed E-state index contributed by atoms with van der Waals surface area (Å²) in [5.74, 6) is 0.786. The van der Waals surface area contributed by atoms with Crippen molar-refractivity contribution in [2.45, 2.75) is 37.1 Å². The lowest BCUT2D eigenvalue weighted by Crippen LogP contribution is -2.41. The molecule has 2 atom stereocenters. The lowest BCUT2D eigenvalue weighted by atomic mass is 10.0. The minimum Gasteiger partial charge on any atom is -0.497 e. The van der Waals surface area contributed by atoms with Crippen molar-refractivity contribution in [3.05, 3.63) is 77.0 Å². The molecule has 3 aromatic rings. The van der Waals surface area contributed by atoms with Gasteiger partial charge in [0.2, 0.25) is 5.91 Å². The van der Waals surface area contributed by atoms with Gasteiger partial charge in [-0.2, -0.15) is 0 Å². The standard InChI is InChI=1S/C23H25N3O2S/c1-14-6-5-7-19(16(14)3)24-23(27)22-21(17-9-11-18(28-4)12-10-17)25-26-15(2)8-13-20(26)29-22/h5-13,21-22,25H,1-4H3,(H,24,27)/t21-,22-/m1/s1. The predicted octanol–water partition coefficient (Wildman–Crippen LogP) is 4.82. The summed E-state index contributed by atoms with van der Waals surface area (Å²) >= 11 is 1.59. The van der Waals surface area contributed by atoms with Crippen LogP contribution in [0.3, 0.4) is 0 Å². The van der Waals surface area contributed by atoms with Gasteiger partial charge in [0.25, 0.3) is 0 Å². The number of hydrogen-bond donors (Lipinski definition) is 2. The number of anilines is 1. The van der Waals surface area contributed by atoms with Crippen LogP contribution < -0.4 is 15.5 Å². The summed E-state index contributed by atoms with van der Waals surface area (Å²) in [6.07, 6.45) is 0. The minimum absolute atomic E-state index is 0.0119.